The van der Waals surface area contributed by atoms with Gasteiger partial charge in [-0.15, -0.1) is 0 Å². The van der Waals surface area contributed by atoms with Gasteiger partial charge >= 0.3 is 0 Å². The zero-order valence-electron chi connectivity index (χ0n) is 15.3. The van der Waals surface area contributed by atoms with Crippen molar-refractivity contribution in [2.45, 2.75) is 19.8 Å². The molecule has 1 heterocycles. The number of H-pyrrole nitrogens is 1. The van der Waals surface area contributed by atoms with Gasteiger partial charge in [0.15, 0.2) is 0 Å². The lowest BCUT2D eigenvalue weighted by Crippen LogP contribution is -2.16. The van der Waals surface area contributed by atoms with Crippen LogP contribution in [0.15, 0.2) is 59.4 Å². The molecule has 0 aliphatic rings. The monoisotopic (exact) mass is 364 g/mol. The Morgan fingerprint density at radius 2 is 2.00 bits per heavy atom. The summed E-state index contributed by atoms with van der Waals surface area (Å²) in [7, 11) is 1.60. The van der Waals surface area contributed by atoms with Crippen LogP contribution >= 0.6 is 0 Å². The maximum Gasteiger partial charge on any atom is 0.272 e. The molecule has 0 saturated carbocycles. The number of aryl methyl sites for hydroxylation is 1. The van der Waals surface area contributed by atoms with Crippen LogP contribution in [0.2, 0.25) is 0 Å². The predicted molar refractivity (Wildman–Crippen MR) is 105 cm³/mol. The number of hydrogen-bond acceptors (Lipinski definition) is 3. The molecule has 0 unspecified atom stereocenters. The van der Waals surface area contributed by atoms with Gasteiger partial charge in [-0.25, -0.2) is 9.49 Å². The minimum absolute atomic E-state index is 0.273. The van der Waals surface area contributed by atoms with Crippen molar-refractivity contribution in [2.75, 3.05) is 7.11 Å². The van der Waals surface area contributed by atoms with Gasteiger partial charge in [-0.3, -0.25) is 4.79 Å². The molecular weight excluding hydrogens is 343 g/mol. The smallest absolute Gasteiger partial charge is 0.272 e. The van der Waals surface area contributed by atoms with Crippen molar-refractivity contribution in [3.05, 3.63) is 87.6 Å². The number of rotatable bonds is 6. The molecule has 27 heavy (non-hydrogen) atoms. The van der Waals surface area contributed by atoms with Gasteiger partial charge in [-0.1, -0.05) is 49.4 Å². The zero-order chi connectivity index (χ0) is 19.2. The molecule has 5 heteroatoms. The van der Waals surface area contributed by atoms with Gasteiger partial charge in [-0.05, 0) is 36.6 Å². The van der Waals surface area contributed by atoms with Crippen molar-refractivity contribution in [2.24, 2.45) is 0 Å². The number of methoxy groups -OCH3 is 1. The fourth-order valence-electron chi connectivity index (χ4n) is 3.05. The van der Waals surface area contributed by atoms with E-state index in [-0.39, 0.29) is 11.4 Å². The van der Waals surface area contributed by atoms with Crippen LogP contribution in [0.25, 0.3) is 17.2 Å². The second-order valence-corrected chi connectivity index (χ2v) is 6.08. The normalized spacial score (nSPS) is 11.1. The summed E-state index contributed by atoms with van der Waals surface area (Å²) in [6.45, 7) is 1.99. The fraction of sp³-hybridized carbons (Fsp3) is 0.182. The summed E-state index contributed by atoms with van der Waals surface area (Å²) in [5, 5.41) is 6.78. The lowest BCUT2D eigenvalue weighted by molar-refractivity contribution is 0.416. The third-order valence-electron chi connectivity index (χ3n) is 4.33. The summed E-state index contributed by atoms with van der Waals surface area (Å²) < 4.78 is 18.8. The number of nitrogens with zero attached hydrogens (tertiary/aromatic N) is 1. The summed E-state index contributed by atoms with van der Waals surface area (Å²) in [6, 6.07) is 14.0. The highest BCUT2D eigenvalue weighted by Crippen LogP contribution is 2.33. The topological polar surface area (TPSA) is 55.0 Å². The summed E-state index contributed by atoms with van der Waals surface area (Å²) in [5.41, 5.74) is 3.44. The Labute approximate surface area is 157 Å². The van der Waals surface area contributed by atoms with Gasteiger partial charge < -0.3 is 4.74 Å². The van der Waals surface area contributed by atoms with E-state index in [2.05, 4.69) is 10.2 Å². The molecule has 0 atom stereocenters. The first-order valence-corrected chi connectivity index (χ1v) is 8.80. The molecule has 0 saturated heterocycles. The number of para-hydroxylation sites is 1. The molecule has 0 radical (unpaired) electrons. The highest BCUT2D eigenvalue weighted by Gasteiger charge is 2.16. The third-order valence-corrected chi connectivity index (χ3v) is 4.33. The molecule has 1 aromatic heterocycles. The molecular formula is C22H21FN2O2. The van der Waals surface area contributed by atoms with E-state index in [1.165, 1.54) is 12.1 Å². The van der Waals surface area contributed by atoms with E-state index < -0.39 is 0 Å². The van der Waals surface area contributed by atoms with Gasteiger partial charge in [0.1, 0.15) is 11.6 Å². The Hall–Kier alpha value is -3.21. The Morgan fingerprint density at radius 3 is 2.74 bits per heavy atom. The van der Waals surface area contributed by atoms with Crippen molar-refractivity contribution >= 4 is 6.08 Å². The van der Waals surface area contributed by atoms with Gasteiger partial charge in [0.05, 0.1) is 18.4 Å². The molecule has 1 N–H and O–H groups in total. The standard InChI is InChI=1S/C22H21FN2O2/c1-3-19-21(17-11-4-5-13-20(17)27-2)18(22(26)25-24-19)12-7-9-15-8-6-10-16(23)14-15/h4-8,10-14H,3,9H2,1-2H3,(H,25,26)/b12-7+. The van der Waals surface area contributed by atoms with Crippen LogP contribution in [0.1, 0.15) is 23.7 Å². The SMILES string of the molecule is CCc1n[nH]c(=O)c(/C=C/Cc2cccc(F)c2)c1-c1ccccc1OC. The molecule has 3 aromatic rings. The van der Waals surface area contributed by atoms with Crippen LogP contribution in [-0.4, -0.2) is 17.3 Å². The lowest BCUT2D eigenvalue weighted by atomic mass is 9.96. The number of ether oxygens (including phenoxy) is 1. The van der Waals surface area contributed by atoms with E-state index in [0.717, 1.165) is 22.4 Å². The van der Waals surface area contributed by atoms with Crippen LogP contribution in [0.5, 0.6) is 5.75 Å². The zero-order valence-corrected chi connectivity index (χ0v) is 15.3. The molecule has 138 valence electrons. The predicted octanol–water partition coefficient (Wildman–Crippen LogP) is 4.40. The van der Waals surface area contributed by atoms with Crippen molar-refractivity contribution in [3.63, 3.8) is 0 Å². The van der Waals surface area contributed by atoms with E-state index in [0.29, 0.717) is 24.2 Å². The Balaban J connectivity index is 2.07. The van der Waals surface area contributed by atoms with Crippen molar-refractivity contribution in [3.8, 4) is 16.9 Å². The fourth-order valence-corrected chi connectivity index (χ4v) is 3.05. The van der Waals surface area contributed by atoms with E-state index in [1.807, 2.05) is 43.3 Å². The number of nitrogens with one attached hydrogen (secondary N) is 1. The number of aromatic amines is 1. The molecule has 0 bridgehead atoms. The first-order valence-electron chi connectivity index (χ1n) is 8.80. The largest absolute Gasteiger partial charge is 0.496 e. The van der Waals surface area contributed by atoms with E-state index >= 15 is 0 Å². The summed E-state index contributed by atoms with van der Waals surface area (Å²) in [5.74, 6) is 0.407. The second-order valence-electron chi connectivity index (χ2n) is 6.08. The van der Waals surface area contributed by atoms with E-state index in [4.69, 9.17) is 4.74 Å². The van der Waals surface area contributed by atoms with Gasteiger partial charge in [0.2, 0.25) is 0 Å². The molecule has 0 aliphatic carbocycles. The Bertz CT molecular complexity index is 1020. The van der Waals surface area contributed by atoms with Crippen molar-refractivity contribution in [1.29, 1.82) is 0 Å². The maximum absolute atomic E-state index is 13.3. The molecule has 2 aromatic carbocycles. The number of allylic oxidation sites excluding steroid dienone is 1. The Kier molecular flexibility index (Phi) is 5.81. The quantitative estimate of drug-likeness (QED) is 0.705. The number of aromatic nitrogens is 2. The second kappa shape index (κ2) is 8.45. The van der Waals surface area contributed by atoms with Crippen LogP contribution < -0.4 is 10.3 Å². The highest BCUT2D eigenvalue weighted by atomic mass is 19.1. The minimum Gasteiger partial charge on any atom is -0.496 e. The summed E-state index contributed by atoms with van der Waals surface area (Å²) in [6.07, 6.45) is 4.81. The average Bonchev–Trinajstić information content (AvgIpc) is 2.69. The number of hydrogen-bond donors (Lipinski definition) is 1. The van der Waals surface area contributed by atoms with E-state index in [1.54, 1.807) is 19.3 Å². The molecule has 3 rings (SSSR count). The third kappa shape index (κ3) is 4.14. The molecule has 0 aliphatic heterocycles. The van der Waals surface area contributed by atoms with Gasteiger partial charge in [-0.2, -0.15) is 5.10 Å². The molecule has 0 amide bonds. The number of benzene rings is 2. The summed E-state index contributed by atoms with van der Waals surface area (Å²) in [4.78, 5) is 12.5. The molecule has 4 nitrogen and oxygen atoms in total. The van der Waals surface area contributed by atoms with Gasteiger partial charge in [0, 0.05) is 11.1 Å². The number of halogens is 1. The van der Waals surface area contributed by atoms with E-state index in [9.17, 15) is 9.18 Å². The van der Waals surface area contributed by atoms with Crippen LogP contribution in [-0.2, 0) is 12.8 Å². The van der Waals surface area contributed by atoms with Crippen LogP contribution in [0.3, 0.4) is 0 Å². The molecule has 0 spiro atoms. The van der Waals surface area contributed by atoms with Gasteiger partial charge in [0.25, 0.3) is 5.56 Å². The van der Waals surface area contributed by atoms with Crippen LogP contribution in [0, 0.1) is 5.82 Å². The molecule has 0 fully saturated rings. The van der Waals surface area contributed by atoms with Crippen molar-refractivity contribution < 1.29 is 9.13 Å². The highest BCUT2D eigenvalue weighted by molar-refractivity contribution is 5.80. The van der Waals surface area contributed by atoms with Crippen molar-refractivity contribution in [1.82, 2.24) is 10.2 Å². The minimum atomic E-state index is -0.274. The first kappa shape index (κ1) is 18.6. The first-order chi connectivity index (χ1) is 13.1. The lowest BCUT2D eigenvalue weighted by Gasteiger charge is -2.13. The Morgan fingerprint density at radius 1 is 1.19 bits per heavy atom. The maximum atomic E-state index is 13.3. The van der Waals surface area contributed by atoms with Crippen LogP contribution in [0.4, 0.5) is 4.39 Å². The summed E-state index contributed by atoms with van der Waals surface area (Å²) >= 11 is 0. The average molecular weight is 364 g/mol.